The highest BCUT2D eigenvalue weighted by molar-refractivity contribution is 7.99. The SMILES string of the molecule is CC(C)(C)NCc1cc(Cl)ccc1Sc1ccc(Cl)cn1. The molecule has 0 amide bonds. The number of halogens is 2. The Morgan fingerprint density at radius 3 is 2.43 bits per heavy atom. The van der Waals surface area contributed by atoms with E-state index < -0.39 is 0 Å². The fourth-order valence-corrected chi connectivity index (χ4v) is 2.85. The largest absolute Gasteiger partial charge is 0.308 e. The summed E-state index contributed by atoms with van der Waals surface area (Å²) in [6.07, 6.45) is 1.66. The van der Waals surface area contributed by atoms with Crippen LogP contribution in [0.25, 0.3) is 0 Å². The highest BCUT2D eigenvalue weighted by Gasteiger charge is 2.12. The van der Waals surface area contributed by atoms with Crippen molar-refractivity contribution in [2.45, 2.75) is 42.8 Å². The first-order valence-electron chi connectivity index (χ1n) is 6.66. The third-order valence-electron chi connectivity index (χ3n) is 2.75. The summed E-state index contributed by atoms with van der Waals surface area (Å²) in [5.41, 5.74) is 1.22. The summed E-state index contributed by atoms with van der Waals surface area (Å²) in [7, 11) is 0. The van der Waals surface area contributed by atoms with Gasteiger partial charge < -0.3 is 5.32 Å². The summed E-state index contributed by atoms with van der Waals surface area (Å²) in [5.74, 6) is 0. The van der Waals surface area contributed by atoms with Crippen LogP contribution in [0.4, 0.5) is 0 Å². The average Bonchev–Trinajstić information content (AvgIpc) is 2.40. The van der Waals surface area contributed by atoms with Crippen molar-refractivity contribution in [3.63, 3.8) is 0 Å². The maximum Gasteiger partial charge on any atom is 0.101 e. The van der Waals surface area contributed by atoms with Crippen molar-refractivity contribution in [1.29, 1.82) is 0 Å². The Bertz CT molecular complexity index is 607. The number of rotatable bonds is 4. The molecule has 0 aliphatic carbocycles. The van der Waals surface area contributed by atoms with Gasteiger partial charge in [0, 0.05) is 28.2 Å². The second-order valence-corrected chi connectivity index (χ2v) is 7.71. The van der Waals surface area contributed by atoms with E-state index in [2.05, 4.69) is 31.1 Å². The van der Waals surface area contributed by atoms with E-state index in [1.54, 1.807) is 18.0 Å². The van der Waals surface area contributed by atoms with Crippen LogP contribution < -0.4 is 5.32 Å². The molecule has 2 aromatic rings. The lowest BCUT2D eigenvalue weighted by atomic mass is 10.1. The first-order chi connectivity index (χ1) is 9.83. The fourth-order valence-electron chi connectivity index (χ4n) is 1.68. The van der Waals surface area contributed by atoms with E-state index in [4.69, 9.17) is 23.2 Å². The monoisotopic (exact) mass is 340 g/mol. The molecule has 0 unspecified atom stereocenters. The lowest BCUT2D eigenvalue weighted by Gasteiger charge is -2.21. The summed E-state index contributed by atoms with van der Waals surface area (Å²) in [4.78, 5) is 5.47. The Morgan fingerprint density at radius 2 is 1.81 bits per heavy atom. The molecule has 0 spiro atoms. The van der Waals surface area contributed by atoms with Crippen LogP contribution in [-0.4, -0.2) is 10.5 Å². The number of hydrogen-bond donors (Lipinski definition) is 1. The molecular weight excluding hydrogens is 323 g/mol. The molecule has 1 heterocycles. The van der Waals surface area contributed by atoms with Crippen LogP contribution in [0.2, 0.25) is 10.0 Å². The van der Waals surface area contributed by atoms with E-state index in [0.717, 1.165) is 21.5 Å². The molecule has 0 saturated carbocycles. The standard InChI is InChI=1S/C16H18Cl2N2S/c1-16(2,3)20-9-11-8-12(17)4-6-14(11)21-15-7-5-13(18)10-19-15/h4-8,10,20H,9H2,1-3H3. The smallest absolute Gasteiger partial charge is 0.101 e. The zero-order chi connectivity index (χ0) is 15.5. The third kappa shape index (κ3) is 5.51. The molecular formula is C16H18Cl2N2S. The number of aromatic nitrogens is 1. The molecule has 0 saturated heterocycles. The zero-order valence-corrected chi connectivity index (χ0v) is 14.6. The molecule has 112 valence electrons. The van der Waals surface area contributed by atoms with Crippen LogP contribution >= 0.6 is 35.0 Å². The van der Waals surface area contributed by atoms with Crippen LogP contribution in [0.5, 0.6) is 0 Å². The highest BCUT2D eigenvalue weighted by atomic mass is 35.5. The third-order valence-corrected chi connectivity index (χ3v) is 4.27. The minimum absolute atomic E-state index is 0.0583. The van der Waals surface area contributed by atoms with E-state index in [1.165, 1.54) is 5.56 Å². The van der Waals surface area contributed by atoms with Gasteiger partial charge in [0.15, 0.2) is 0 Å². The van der Waals surface area contributed by atoms with Gasteiger partial charge in [0.25, 0.3) is 0 Å². The molecule has 0 aliphatic rings. The summed E-state index contributed by atoms with van der Waals surface area (Å²) in [5, 5.41) is 5.79. The van der Waals surface area contributed by atoms with E-state index in [0.29, 0.717) is 5.02 Å². The fraction of sp³-hybridized carbons (Fsp3) is 0.312. The second-order valence-electron chi connectivity index (χ2n) is 5.77. The molecule has 1 aromatic heterocycles. The predicted octanol–water partition coefficient (Wildman–Crippen LogP) is 5.43. The van der Waals surface area contributed by atoms with Crippen molar-refractivity contribution in [1.82, 2.24) is 10.3 Å². The van der Waals surface area contributed by atoms with Crippen LogP contribution in [-0.2, 0) is 6.54 Å². The minimum Gasteiger partial charge on any atom is -0.308 e. The first-order valence-corrected chi connectivity index (χ1v) is 8.23. The van der Waals surface area contributed by atoms with Gasteiger partial charge in [0.1, 0.15) is 5.03 Å². The number of nitrogens with one attached hydrogen (secondary N) is 1. The molecule has 1 N–H and O–H groups in total. The molecule has 0 fully saturated rings. The average molecular weight is 341 g/mol. The molecule has 2 rings (SSSR count). The Hall–Kier alpha value is -0.740. The normalized spacial score (nSPS) is 11.7. The zero-order valence-electron chi connectivity index (χ0n) is 12.3. The molecule has 1 aromatic carbocycles. The topological polar surface area (TPSA) is 24.9 Å². The molecule has 5 heteroatoms. The number of hydrogen-bond acceptors (Lipinski definition) is 3. The van der Waals surface area contributed by atoms with Gasteiger partial charge in [0.05, 0.1) is 5.02 Å². The quantitative estimate of drug-likeness (QED) is 0.803. The molecule has 21 heavy (non-hydrogen) atoms. The van der Waals surface area contributed by atoms with Gasteiger partial charge in [-0.25, -0.2) is 4.98 Å². The maximum atomic E-state index is 6.12. The lowest BCUT2D eigenvalue weighted by molar-refractivity contribution is 0.422. The van der Waals surface area contributed by atoms with Gasteiger partial charge in [-0.2, -0.15) is 0 Å². The van der Waals surface area contributed by atoms with E-state index in [9.17, 15) is 0 Å². The Balaban J connectivity index is 2.20. The predicted molar refractivity (Wildman–Crippen MR) is 91.4 cm³/mol. The van der Waals surface area contributed by atoms with Gasteiger partial charge in [0.2, 0.25) is 0 Å². The van der Waals surface area contributed by atoms with Crippen LogP contribution in [0, 0.1) is 0 Å². The van der Waals surface area contributed by atoms with E-state index >= 15 is 0 Å². The highest BCUT2D eigenvalue weighted by Crippen LogP contribution is 2.31. The summed E-state index contributed by atoms with van der Waals surface area (Å²) >= 11 is 13.6. The molecule has 0 atom stereocenters. The van der Waals surface area contributed by atoms with Crippen molar-refractivity contribution in [2.75, 3.05) is 0 Å². The van der Waals surface area contributed by atoms with Crippen LogP contribution in [0.15, 0.2) is 46.5 Å². The number of pyridine rings is 1. The van der Waals surface area contributed by atoms with Gasteiger partial charge in [-0.3, -0.25) is 0 Å². The van der Waals surface area contributed by atoms with E-state index in [1.807, 2.05) is 30.3 Å². The van der Waals surface area contributed by atoms with Gasteiger partial charge >= 0.3 is 0 Å². The van der Waals surface area contributed by atoms with Crippen molar-refractivity contribution in [3.8, 4) is 0 Å². The summed E-state index contributed by atoms with van der Waals surface area (Å²) < 4.78 is 0. The van der Waals surface area contributed by atoms with Crippen molar-refractivity contribution in [3.05, 3.63) is 52.1 Å². The molecule has 0 bridgehead atoms. The Labute approximate surface area is 140 Å². The van der Waals surface area contributed by atoms with Crippen molar-refractivity contribution in [2.24, 2.45) is 0 Å². The number of nitrogens with zero attached hydrogens (tertiary/aromatic N) is 1. The van der Waals surface area contributed by atoms with Crippen molar-refractivity contribution >= 4 is 35.0 Å². The molecule has 2 nitrogen and oxygen atoms in total. The van der Waals surface area contributed by atoms with Gasteiger partial charge in [-0.05, 0) is 56.7 Å². The lowest BCUT2D eigenvalue weighted by Crippen LogP contribution is -2.35. The summed E-state index contributed by atoms with van der Waals surface area (Å²) in [6, 6.07) is 9.70. The second kappa shape index (κ2) is 7.01. The van der Waals surface area contributed by atoms with Gasteiger partial charge in [-0.1, -0.05) is 35.0 Å². The Morgan fingerprint density at radius 1 is 1.10 bits per heavy atom. The van der Waals surface area contributed by atoms with Crippen LogP contribution in [0.3, 0.4) is 0 Å². The van der Waals surface area contributed by atoms with Gasteiger partial charge in [-0.15, -0.1) is 0 Å². The van der Waals surface area contributed by atoms with Crippen LogP contribution in [0.1, 0.15) is 26.3 Å². The van der Waals surface area contributed by atoms with E-state index in [-0.39, 0.29) is 5.54 Å². The maximum absolute atomic E-state index is 6.12. The molecule has 0 radical (unpaired) electrons. The van der Waals surface area contributed by atoms with Crippen molar-refractivity contribution < 1.29 is 0 Å². The molecule has 0 aliphatic heterocycles. The summed E-state index contributed by atoms with van der Waals surface area (Å²) in [6.45, 7) is 7.20. The Kier molecular flexibility index (Phi) is 5.55. The first kappa shape index (κ1) is 16.6. The number of benzene rings is 1. The minimum atomic E-state index is 0.0583.